The molecule has 0 aromatic heterocycles. The van der Waals surface area contributed by atoms with E-state index in [4.69, 9.17) is 4.74 Å². The van der Waals surface area contributed by atoms with Gasteiger partial charge in [-0.2, -0.15) is 13.2 Å². The molecule has 0 amide bonds. The highest BCUT2D eigenvalue weighted by atomic mass is 19.4. The number of nitrogens with one attached hydrogen (secondary N) is 1. The van der Waals surface area contributed by atoms with Crippen molar-refractivity contribution < 1.29 is 17.9 Å². The van der Waals surface area contributed by atoms with Crippen molar-refractivity contribution in [2.24, 2.45) is 5.92 Å². The van der Waals surface area contributed by atoms with E-state index in [-0.39, 0.29) is 0 Å². The van der Waals surface area contributed by atoms with Crippen molar-refractivity contribution in [2.45, 2.75) is 19.0 Å². The summed E-state index contributed by atoms with van der Waals surface area (Å²) in [4.78, 5) is 0. The molecule has 0 spiro atoms. The molecule has 0 bridgehead atoms. The third-order valence-corrected chi connectivity index (χ3v) is 3.52. The normalized spacial score (nSPS) is 17.5. The number of hydrogen-bond acceptors (Lipinski definition) is 3. The molecule has 1 aromatic carbocycles. The number of halogens is 3. The standard InChI is InChI=1S/C17H17F3N2O/c18-17(19,20)12-22-10-15(9-21-22)7-4-13-2-1-3-16(8-13)23-11-14-5-6-14/h1-3,8,10,14,21H,5-6,9,11-12H2. The van der Waals surface area contributed by atoms with E-state index >= 15 is 0 Å². The second kappa shape index (κ2) is 6.55. The Balaban J connectivity index is 1.60. The molecular formula is C17H17F3N2O. The van der Waals surface area contributed by atoms with Crippen molar-refractivity contribution in [3.8, 4) is 17.6 Å². The molecule has 23 heavy (non-hydrogen) atoms. The molecule has 1 aromatic rings. The van der Waals surface area contributed by atoms with Crippen LogP contribution < -0.4 is 10.2 Å². The average molecular weight is 322 g/mol. The van der Waals surface area contributed by atoms with Crippen molar-refractivity contribution >= 4 is 0 Å². The lowest BCUT2D eigenvalue weighted by molar-refractivity contribution is -0.144. The lowest BCUT2D eigenvalue weighted by Crippen LogP contribution is -2.37. The second-order valence-electron chi connectivity index (χ2n) is 5.76. The van der Waals surface area contributed by atoms with Crippen LogP contribution in [0.15, 0.2) is 36.0 Å². The second-order valence-corrected chi connectivity index (χ2v) is 5.76. The predicted molar refractivity (Wildman–Crippen MR) is 80.4 cm³/mol. The summed E-state index contributed by atoms with van der Waals surface area (Å²) in [6, 6.07) is 7.46. The van der Waals surface area contributed by atoms with Crippen LogP contribution in [0.3, 0.4) is 0 Å². The lowest BCUT2D eigenvalue weighted by atomic mass is 10.2. The molecule has 2 aliphatic rings. The summed E-state index contributed by atoms with van der Waals surface area (Å²) in [6.07, 6.45) is -0.377. The maximum Gasteiger partial charge on any atom is 0.407 e. The van der Waals surface area contributed by atoms with Gasteiger partial charge in [0, 0.05) is 23.9 Å². The van der Waals surface area contributed by atoms with Crippen LogP contribution in [0.25, 0.3) is 0 Å². The Morgan fingerprint density at radius 3 is 2.83 bits per heavy atom. The van der Waals surface area contributed by atoms with Gasteiger partial charge in [-0.25, -0.2) is 5.43 Å². The molecule has 1 heterocycles. The van der Waals surface area contributed by atoms with Crippen molar-refractivity contribution in [1.82, 2.24) is 10.4 Å². The van der Waals surface area contributed by atoms with E-state index < -0.39 is 12.7 Å². The summed E-state index contributed by atoms with van der Waals surface area (Å²) in [5.41, 5.74) is 4.05. The van der Waals surface area contributed by atoms with E-state index in [1.165, 1.54) is 19.0 Å². The Labute approximate surface area is 133 Å². The molecule has 3 nitrogen and oxygen atoms in total. The maximum absolute atomic E-state index is 12.3. The van der Waals surface area contributed by atoms with Crippen LogP contribution >= 0.6 is 0 Å². The fourth-order valence-electron chi connectivity index (χ4n) is 2.15. The van der Waals surface area contributed by atoms with Crippen LogP contribution in [0.4, 0.5) is 13.2 Å². The molecule has 1 aliphatic carbocycles. The number of alkyl halides is 3. The smallest absolute Gasteiger partial charge is 0.407 e. The van der Waals surface area contributed by atoms with Crippen LogP contribution in [-0.4, -0.2) is 30.9 Å². The highest BCUT2D eigenvalue weighted by molar-refractivity contribution is 5.44. The van der Waals surface area contributed by atoms with Gasteiger partial charge in [0.25, 0.3) is 0 Å². The molecule has 0 saturated heterocycles. The predicted octanol–water partition coefficient (Wildman–Crippen LogP) is 3.09. The molecule has 1 N–H and O–H groups in total. The molecule has 6 heteroatoms. The van der Waals surface area contributed by atoms with Crippen molar-refractivity contribution in [1.29, 1.82) is 0 Å². The Bertz CT molecular complexity index is 654. The summed E-state index contributed by atoms with van der Waals surface area (Å²) in [6.45, 7) is 0.0159. The van der Waals surface area contributed by atoms with Gasteiger partial charge in [0.1, 0.15) is 12.3 Å². The number of hydrogen-bond donors (Lipinski definition) is 1. The number of benzene rings is 1. The highest BCUT2D eigenvalue weighted by Gasteiger charge is 2.31. The van der Waals surface area contributed by atoms with Crippen LogP contribution in [0.5, 0.6) is 5.75 Å². The van der Waals surface area contributed by atoms with Gasteiger partial charge in [-0.3, -0.25) is 0 Å². The fraction of sp³-hybridized carbons (Fsp3) is 0.412. The van der Waals surface area contributed by atoms with Gasteiger partial charge in [0.2, 0.25) is 0 Å². The summed E-state index contributed by atoms with van der Waals surface area (Å²) < 4.78 is 42.6. The Hall–Kier alpha value is -2.13. The first-order valence-electron chi connectivity index (χ1n) is 7.50. The minimum absolute atomic E-state index is 0.306. The van der Waals surface area contributed by atoms with Gasteiger partial charge < -0.3 is 9.75 Å². The molecule has 0 unspecified atom stereocenters. The fourth-order valence-corrected chi connectivity index (χ4v) is 2.15. The van der Waals surface area contributed by atoms with Gasteiger partial charge in [-0.1, -0.05) is 17.9 Å². The third-order valence-electron chi connectivity index (χ3n) is 3.52. The third kappa shape index (κ3) is 5.22. The van der Waals surface area contributed by atoms with E-state index in [1.807, 2.05) is 24.3 Å². The highest BCUT2D eigenvalue weighted by Crippen LogP contribution is 2.29. The average Bonchev–Trinajstić information content (AvgIpc) is 3.22. The Morgan fingerprint density at radius 1 is 1.26 bits per heavy atom. The zero-order valence-corrected chi connectivity index (χ0v) is 12.5. The van der Waals surface area contributed by atoms with Crippen molar-refractivity contribution in [2.75, 3.05) is 19.7 Å². The SMILES string of the molecule is FC(F)(F)CN1C=C(C#Cc2cccc(OCC3CC3)c2)CN1. The molecule has 0 radical (unpaired) electrons. The van der Waals surface area contributed by atoms with Crippen LogP contribution in [0.1, 0.15) is 18.4 Å². The van der Waals surface area contributed by atoms with E-state index in [9.17, 15) is 13.2 Å². The summed E-state index contributed by atoms with van der Waals surface area (Å²) in [5, 5.41) is 1.01. The monoisotopic (exact) mass is 322 g/mol. The Kier molecular flexibility index (Phi) is 4.49. The van der Waals surface area contributed by atoms with Crippen molar-refractivity contribution in [3.63, 3.8) is 0 Å². The number of rotatable bonds is 4. The summed E-state index contributed by atoms with van der Waals surface area (Å²) in [7, 11) is 0. The van der Waals surface area contributed by atoms with Crippen molar-refractivity contribution in [3.05, 3.63) is 41.6 Å². The molecule has 1 fully saturated rings. The van der Waals surface area contributed by atoms with E-state index in [2.05, 4.69) is 17.3 Å². The summed E-state index contributed by atoms with van der Waals surface area (Å²) >= 11 is 0. The summed E-state index contributed by atoms with van der Waals surface area (Å²) in [5.74, 6) is 7.33. The first kappa shape index (κ1) is 15.8. The first-order chi connectivity index (χ1) is 11.0. The van der Waals surface area contributed by atoms with E-state index in [0.29, 0.717) is 18.0 Å². The minimum Gasteiger partial charge on any atom is -0.493 e. The van der Waals surface area contributed by atoms with Gasteiger partial charge in [0.05, 0.1) is 6.61 Å². The van der Waals surface area contributed by atoms with Gasteiger partial charge in [-0.15, -0.1) is 0 Å². The zero-order chi connectivity index (χ0) is 16.3. The molecule has 1 aliphatic heterocycles. The van der Waals surface area contributed by atoms with E-state index in [1.54, 1.807) is 0 Å². The largest absolute Gasteiger partial charge is 0.493 e. The topological polar surface area (TPSA) is 24.5 Å². The quantitative estimate of drug-likeness (QED) is 0.862. The van der Waals surface area contributed by atoms with E-state index in [0.717, 1.165) is 22.9 Å². The van der Waals surface area contributed by atoms with Crippen LogP contribution in [0, 0.1) is 17.8 Å². The molecular weight excluding hydrogens is 305 g/mol. The lowest BCUT2D eigenvalue weighted by Gasteiger charge is -2.17. The van der Waals surface area contributed by atoms with Crippen LogP contribution in [0.2, 0.25) is 0 Å². The minimum atomic E-state index is -4.24. The number of ether oxygens (including phenoxy) is 1. The molecule has 0 atom stereocenters. The maximum atomic E-state index is 12.3. The van der Waals surface area contributed by atoms with Gasteiger partial charge in [-0.05, 0) is 37.0 Å². The Morgan fingerprint density at radius 2 is 2.09 bits per heavy atom. The molecule has 1 saturated carbocycles. The van der Waals surface area contributed by atoms with Gasteiger partial charge >= 0.3 is 6.18 Å². The zero-order valence-electron chi connectivity index (χ0n) is 12.5. The number of nitrogens with zero attached hydrogens (tertiary/aromatic N) is 1. The molecule has 122 valence electrons. The number of hydrazine groups is 1. The molecule has 3 rings (SSSR count). The first-order valence-corrected chi connectivity index (χ1v) is 7.50. The van der Waals surface area contributed by atoms with Gasteiger partial charge in [0.15, 0.2) is 0 Å². The van der Waals surface area contributed by atoms with Crippen LogP contribution in [-0.2, 0) is 0 Å².